The molecule has 1 N–H and O–H groups in total. The first-order valence-electron chi connectivity index (χ1n) is 6.72. The molecule has 1 heterocycles. The van der Waals surface area contributed by atoms with Gasteiger partial charge in [0.15, 0.2) is 11.6 Å². The molecule has 3 rings (SSSR count). The van der Waals surface area contributed by atoms with E-state index in [1.807, 2.05) is 6.07 Å². The van der Waals surface area contributed by atoms with Crippen molar-refractivity contribution in [3.63, 3.8) is 0 Å². The lowest BCUT2D eigenvalue weighted by Gasteiger charge is -2.16. The van der Waals surface area contributed by atoms with Gasteiger partial charge < -0.3 is 5.11 Å². The largest absolute Gasteiger partial charge is 0.387 e. The second kappa shape index (κ2) is 5.29. The summed E-state index contributed by atoms with van der Waals surface area (Å²) in [5, 5.41) is 10.1. The summed E-state index contributed by atoms with van der Waals surface area (Å²) in [5.74, 6) is -1.73. The molecule has 0 fully saturated rings. The highest BCUT2D eigenvalue weighted by atomic mass is 19.2. The molecular weight excluding hydrogens is 260 g/mol. The summed E-state index contributed by atoms with van der Waals surface area (Å²) in [6, 6.07) is 7.97. The average Bonchev–Trinajstić information content (AvgIpc) is 2.62. The highest BCUT2D eigenvalue weighted by Crippen LogP contribution is 2.36. The maximum Gasteiger partial charge on any atom is 0.162 e. The van der Waals surface area contributed by atoms with E-state index in [4.69, 9.17) is 0 Å². The van der Waals surface area contributed by atoms with E-state index in [-0.39, 0.29) is 5.92 Å². The van der Waals surface area contributed by atoms with Crippen molar-refractivity contribution in [2.75, 3.05) is 0 Å². The summed E-state index contributed by atoms with van der Waals surface area (Å²) < 4.78 is 27.3. The normalized spacial score (nSPS) is 22.1. The van der Waals surface area contributed by atoms with Crippen molar-refractivity contribution >= 4 is 0 Å². The lowest BCUT2D eigenvalue weighted by atomic mass is 9.90. The minimum Gasteiger partial charge on any atom is -0.387 e. The van der Waals surface area contributed by atoms with Crippen LogP contribution < -0.4 is 0 Å². The van der Waals surface area contributed by atoms with Gasteiger partial charge in [-0.05, 0) is 48.4 Å². The molecule has 4 heteroatoms. The van der Waals surface area contributed by atoms with Gasteiger partial charge in [0.05, 0.1) is 11.8 Å². The Balaban J connectivity index is 1.99. The third-order valence-electron chi connectivity index (χ3n) is 3.92. The summed E-state index contributed by atoms with van der Waals surface area (Å²) in [6.45, 7) is 0. The molecule has 2 nitrogen and oxygen atoms in total. The summed E-state index contributed by atoms with van der Waals surface area (Å²) >= 11 is 0. The van der Waals surface area contributed by atoms with Crippen molar-refractivity contribution in [2.45, 2.75) is 31.3 Å². The Kier molecular flexibility index (Phi) is 3.49. The first-order valence-corrected chi connectivity index (χ1v) is 6.72. The number of pyridine rings is 1. The number of aliphatic hydroxyl groups is 1. The fraction of sp³-hybridized carbons (Fsp3) is 0.312. The maximum atomic E-state index is 13.9. The average molecular weight is 275 g/mol. The molecule has 104 valence electrons. The van der Waals surface area contributed by atoms with Crippen LogP contribution in [0.3, 0.4) is 0 Å². The summed E-state index contributed by atoms with van der Waals surface area (Å²) in [7, 11) is 0. The maximum absolute atomic E-state index is 13.9. The number of fused-ring (bicyclic) bond motifs is 1. The SMILES string of the molecule is OC1CC[C@@H](c2cccc(F)c2F)Cc2cccnc21. The smallest absolute Gasteiger partial charge is 0.162 e. The zero-order valence-electron chi connectivity index (χ0n) is 10.9. The predicted octanol–water partition coefficient (Wildman–Crippen LogP) is 3.51. The number of rotatable bonds is 1. The molecule has 0 saturated carbocycles. The van der Waals surface area contributed by atoms with Gasteiger partial charge in [0.2, 0.25) is 0 Å². The van der Waals surface area contributed by atoms with Gasteiger partial charge in [0.25, 0.3) is 0 Å². The third-order valence-corrected chi connectivity index (χ3v) is 3.92. The molecule has 0 aliphatic heterocycles. The molecule has 0 saturated heterocycles. The second-order valence-corrected chi connectivity index (χ2v) is 5.19. The van der Waals surface area contributed by atoms with E-state index < -0.39 is 17.7 Å². The Bertz CT molecular complexity index is 630. The van der Waals surface area contributed by atoms with Gasteiger partial charge in [-0.25, -0.2) is 8.78 Å². The predicted molar refractivity (Wildman–Crippen MR) is 71.2 cm³/mol. The van der Waals surface area contributed by atoms with Crippen molar-refractivity contribution in [3.05, 3.63) is 65.0 Å². The Morgan fingerprint density at radius 2 is 1.95 bits per heavy atom. The fourth-order valence-corrected chi connectivity index (χ4v) is 2.89. The molecule has 0 amide bonds. The van der Waals surface area contributed by atoms with Crippen LogP contribution in [0.2, 0.25) is 0 Å². The summed E-state index contributed by atoms with van der Waals surface area (Å²) in [4.78, 5) is 4.21. The van der Waals surface area contributed by atoms with Gasteiger partial charge in [-0.3, -0.25) is 4.98 Å². The molecule has 1 aliphatic rings. The van der Waals surface area contributed by atoms with Crippen molar-refractivity contribution < 1.29 is 13.9 Å². The van der Waals surface area contributed by atoms with E-state index in [1.54, 1.807) is 18.3 Å². The lowest BCUT2D eigenvalue weighted by molar-refractivity contribution is 0.160. The number of hydrogen-bond donors (Lipinski definition) is 1. The van der Waals surface area contributed by atoms with Crippen LogP contribution in [-0.4, -0.2) is 10.1 Å². The molecule has 0 bridgehead atoms. The number of benzene rings is 1. The van der Waals surface area contributed by atoms with Crippen LogP contribution in [0, 0.1) is 11.6 Å². The number of halogens is 2. The van der Waals surface area contributed by atoms with Gasteiger partial charge in [0.1, 0.15) is 0 Å². The van der Waals surface area contributed by atoms with Crippen LogP contribution in [0.5, 0.6) is 0 Å². The lowest BCUT2D eigenvalue weighted by Crippen LogP contribution is -2.06. The van der Waals surface area contributed by atoms with Crippen LogP contribution in [0.25, 0.3) is 0 Å². The van der Waals surface area contributed by atoms with Crippen molar-refractivity contribution in [2.24, 2.45) is 0 Å². The van der Waals surface area contributed by atoms with Gasteiger partial charge in [-0.2, -0.15) is 0 Å². The summed E-state index contributed by atoms with van der Waals surface area (Å²) in [6.07, 6.45) is 2.70. The van der Waals surface area contributed by atoms with E-state index in [0.717, 1.165) is 11.6 Å². The van der Waals surface area contributed by atoms with Crippen LogP contribution >= 0.6 is 0 Å². The van der Waals surface area contributed by atoms with Crippen LogP contribution in [0.15, 0.2) is 36.5 Å². The highest BCUT2D eigenvalue weighted by Gasteiger charge is 2.26. The van der Waals surface area contributed by atoms with E-state index in [1.165, 1.54) is 6.07 Å². The molecule has 2 aromatic rings. The van der Waals surface area contributed by atoms with Gasteiger partial charge in [-0.1, -0.05) is 18.2 Å². The number of nitrogens with zero attached hydrogens (tertiary/aromatic N) is 1. The number of aliphatic hydroxyl groups excluding tert-OH is 1. The molecular formula is C16H15F2NO. The standard InChI is InChI=1S/C16H15F2NO/c17-13-5-1-4-12(15(13)18)10-6-7-14(20)16-11(9-10)3-2-8-19-16/h1-5,8,10,14,20H,6-7,9H2/t10-,14?/m1/s1. The van der Waals surface area contributed by atoms with Gasteiger partial charge in [-0.15, -0.1) is 0 Å². The quantitative estimate of drug-likeness (QED) is 0.808. The molecule has 0 radical (unpaired) electrons. The van der Waals surface area contributed by atoms with E-state index in [2.05, 4.69) is 4.98 Å². The van der Waals surface area contributed by atoms with Crippen LogP contribution in [0.4, 0.5) is 8.78 Å². The zero-order chi connectivity index (χ0) is 14.1. The number of hydrogen-bond acceptors (Lipinski definition) is 2. The topological polar surface area (TPSA) is 33.1 Å². The van der Waals surface area contributed by atoms with E-state index >= 15 is 0 Å². The molecule has 1 unspecified atom stereocenters. The van der Waals surface area contributed by atoms with E-state index in [9.17, 15) is 13.9 Å². The molecule has 2 atom stereocenters. The zero-order valence-corrected chi connectivity index (χ0v) is 10.9. The molecule has 1 aromatic heterocycles. The monoisotopic (exact) mass is 275 g/mol. The molecule has 0 spiro atoms. The fourth-order valence-electron chi connectivity index (χ4n) is 2.89. The van der Waals surface area contributed by atoms with Crippen molar-refractivity contribution in [3.8, 4) is 0 Å². The Labute approximate surface area is 116 Å². The van der Waals surface area contributed by atoms with Crippen molar-refractivity contribution in [1.29, 1.82) is 0 Å². The summed E-state index contributed by atoms with van der Waals surface area (Å²) in [5.41, 5.74) is 1.95. The Hall–Kier alpha value is -1.81. The number of aromatic nitrogens is 1. The van der Waals surface area contributed by atoms with Gasteiger partial charge >= 0.3 is 0 Å². The second-order valence-electron chi connectivity index (χ2n) is 5.19. The minimum absolute atomic E-state index is 0.134. The highest BCUT2D eigenvalue weighted by molar-refractivity contribution is 5.30. The first kappa shape index (κ1) is 13.2. The Morgan fingerprint density at radius 1 is 1.10 bits per heavy atom. The molecule has 20 heavy (non-hydrogen) atoms. The minimum atomic E-state index is -0.821. The Morgan fingerprint density at radius 3 is 2.80 bits per heavy atom. The third kappa shape index (κ3) is 2.31. The van der Waals surface area contributed by atoms with Crippen LogP contribution in [-0.2, 0) is 6.42 Å². The van der Waals surface area contributed by atoms with Crippen LogP contribution in [0.1, 0.15) is 41.7 Å². The molecule has 1 aromatic carbocycles. The first-order chi connectivity index (χ1) is 9.66. The van der Waals surface area contributed by atoms with Crippen molar-refractivity contribution in [1.82, 2.24) is 4.98 Å². The van der Waals surface area contributed by atoms with Gasteiger partial charge in [0, 0.05) is 6.20 Å². The van der Waals surface area contributed by atoms with E-state index in [0.29, 0.717) is 30.5 Å². The molecule has 1 aliphatic carbocycles.